The van der Waals surface area contributed by atoms with Crippen LogP contribution in [0.3, 0.4) is 0 Å². The van der Waals surface area contributed by atoms with Crippen LogP contribution in [0, 0.1) is 13.8 Å². The number of rotatable bonds is 7. The van der Waals surface area contributed by atoms with E-state index >= 15 is 0 Å². The third-order valence-electron chi connectivity index (χ3n) is 4.74. The summed E-state index contributed by atoms with van der Waals surface area (Å²) in [7, 11) is 3.19. The zero-order chi connectivity index (χ0) is 20.1. The summed E-state index contributed by atoms with van der Waals surface area (Å²) in [4.78, 5) is 12.5. The summed E-state index contributed by atoms with van der Waals surface area (Å²) < 4.78 is 12.5. The van der Waals surface area contributed by atoms with Gasteiger partial charge in [0.15, 0.2) is 0 Å². The molecule has 2 aromatic carbocycles. The van der Waals surface area contributed by atoms with Gasteiger partial charge in [0.1, 0.15) is 11.5 Å². The molecule has 6 nitrogen and oxygen atoms in total. The van der Waals surface area contributed by atoms with E-state index in [1.165, 1.54) is 0 Å². The molecule has 146 valence electrons. The molecule has 1 heterocycles. The fraction of sp³-hybridized carbons (Fsp3) is 0.273. The number of hydrogen-bond donors (Lipinski definition) is 1. The summed E-state index contributed by atoms with van der Waals surface area (Å²) >= 11 is 0. The number of carbonyl (C=O) groups is 1. The van der Waals surface area contributed by atoms with Crippen LogP contribution in [-0.2, 0) is 17.8 Å². The minimum Gasteiger partial charge on any atom is -0.497 e. The predicted octanol–water partition coefficient (Wildman–Crippen LogP) is 3.37. The molecule has 0 aliphatic heterocycles. The summed E-state index contributed by atoms with van der Waals surface area (Å²) in [5.41, 5.74) is 4.73. The molecule has 0 bridgehead atoms. The number of ether oxygens (including phenoxy) is 2. The highest BCUT2D eigenvalue weighted by atomic mass is 16.5. The summed E-state index contributed by atoms with van der Waals surface area (Å²) in [6.07, 6.45) is 0.214. The van der Waals surface area contributed by atoms with E-state index in [-0.39, 0.29) is 12.3 Å². The van der Waals surface area contributed by atoms with Gasteiger partial charge in [-0.25, -0.2) is 4.68 Å². The molecule has 6 heteroatoms. The Hall–Kier alpha value is -3.28. The van der Waals surface area contributed by atoms with Crippen molar-refractivity contribution < 1.29 is 14.3 Å². The molecule has 1 aromatic heterocycles. The molecule has 0 saturated carbocycles. The lowest BCUT2D eigenvalue weighted by atomic mass is 10.1. The Morgan fingerprint density at radius 1 is 1.07 bits per heavy atom. The number of amides is 1. The first-order valence-corrected chi connectivity index (χ1v) is 9.11. The van der Waals surface area contributed by atoms with E-state index in [4.69, 9.17) is 9.47 Å². The van der Waals surface area contributed by atoms with Gasteiger partial charge in [-0.3, -0.25) is 4.79 Å². The number of para-hydroxylation sites is 1. The zero-order valence-electron chi connectivity index (χ0n) is 16.7. The number of nitrogens with zero attached hydrogens (tertiary/aromatic N) is 2. The molecule has 0 atom stereocenters. The first-order valence-electron chi connectivity index (χ1n) is 9.11. The maximum Gasteiger partial charge on any atom is 0.224 e. The highest BCUT2D eigenvalue weighted by Gasteiger charge is 2.15. The van der Waals surface area contributed by atoms with Gasteiger partial charge in [-0.2, -0.15) is 5.10 Å². The van der Waals surface area contributed by atoms with Gasteiger partial charge in [0.2, 0.25) is 5.91 Å². The van der Waals surface area contributed by atoms with Crippen molar-refractivity contribution in [2.75, 3.05) is 14.2 Å². The van der Waals surface area contributed by atoms with Crippen molar-refractivity contribution in [2.24, 2.45) is 0 Å². The van der Waals surface area contributed by atoms with E-state index in [1.807, 2.05) is 61.0 Å². The van der Waals surface area contributed by atoms with Crippen molar-refractivity contribution in [3.05, 3.63) is 71.0 Å². The third kappa shape index (κ3) is 4.17. The van der Waals surface area contributed by atoms with Gasteiger partial charge in [0, 0.05) is 23.4 Å². The molecule has 3 aromatic rings. The Morgan fingerprint density at radius 3 is 2.50 bits per heavy atom. The van der Waals surface area contributed by atoms with E-state index < -0.39 is 0 Å². The van der Waals surface area contributed by atoms with E-state index in [9.17, 15) is 4.79 Å². The number of nitrogens with one attached hydrogen (secondary N) is 1. The first-order chi connectivity index (χ1) is 13.5. The maximum absolute atomic E-state index is 12.5. The molecular weight excluding hydrogens is 354 g/mol. The summed E-state index contributed by atoms with van der Waals surface area (Å²) in [5.74, 6) is 1.28. The number of hydrogen-bond acceptors (Lipinski definition) is 4. The van der Waals surface area contributed by atoms with E-state index in [1.54, 1.807) is 20.3 Å². The standard InChI is InChI=1S/C22H25N3O3/c1-15-20(16(2)25(24-15)18-8-6-5-7-9-18)14-23-22(26)13-17-12-19(27-3)10-11-21(17)28-4/h5-12H,13-14H2,1-4H3,(H,23,26). The minimum absolute atomic E-state index is 0.0854. The molecule has 28 heavy (non-hydrogen) atoms. The average molecular weight is 379 g/mol. The quantitative estimate of drug-likeness (QED) is 0.684. The zero-order valence-corrected chi connectivity index (χ0v) is 16.7. The number of methoxy groups -OCH3 is 2. The van der Waals surface area contributed by atoms with Gasteiger partial charge in [-0.1, -0.05) is 18.2 Å². The van der Waals surface area contributed by atoms with Crippen molar-refractivity contribution in [3.8, 4) is 17.2 Å². The number of carbonyl (C=O) groups excluding carboxylic acids is 1. The van der Waals surface area contributed by atoms with Crippen LogP contribution in [0.4, 0.5) is 0 Å². The molecule has 1 amide bonds. The molecule has 0 aliphatic carbocycles. The van der Waals surface area contributed by atoms with Gasteiger partial charge < -0.3 is 14.8 Å². The van der Waals surface area contributed by atoms with Crippen LogP contribution in [-0.4, -0.2) is 29.9 Å². The fourth-order valence-corrected chi connectivity index (χ4v) is 3.19. The molecular formula is C22H25N3O3. The predicted molar refractivity (Wildman–Crippen MR) is 108 cm³/mol. The Bertz CT molecular complexity index is 965. The SMILES string of the molecule is COc1ccc(OC)c(CC(=O)NCc2c(C)nn(-c3ccccc3)c2C)c1. The Morgan fingerprint density at radius 2 is 1.82 bits per heavy atom. The monoisotopic (exact) mass is 379 g/mol. The minimum atomic E-state index is -0.0854. The normalized spacial score (nSPS) is 10.6. The highest BCUT2D eigenvalue weighted by molar-refractivity contribution is 5.79. The van der Waals surface area contributed by atoms with Crippen molar-refractivity contribution in [2.45, 2.75) is 26.8 Å². The Kier molecular flexibility index (Phi) is 5.99. The lowest BCUT2D eigenvalue weighted by Gasteiger charge is -2.11. The van der Waals surface area contributed by atoms with Crippen molar-refractivity contribution >= 4 is 5.91 Å². The van der Waals surface area contributed by atoms with Crippen LogP contribution in [0.25, 0.3) is 5.69 Å². The van der Waals surface area contributed by atoms with Crippen LogP contribution in [0.5, 0.6) is 11.5 Å². The summed E-state index contributed by atoms with van der Waals surface area (Å²) in [6.45, 7) is 4.40. The van der Waals surface area contributed by atoms with Crippen LogP contribution in [0.2, 0.25) is 0 Å². The number of aryl methyl sites for hydroxylation is 1. The highest BCUT2D eigenvalue weighted by Crippen LogP contribution is 2.24. The fourth-order valence-electron chi connectivity index (χ4n) is 3.19. The van der Waals surface area contributed by atoms with Gasteiger partial charge in [-0.15, -0.1) is 0 Å². The second-order valence-corrected chi connectivity index (χ2v) is 6.53. The van der Waals surface area contributed by atoms with Crippen molar-refractivity contribution in [1.29, 1.82) is 0 Å². The smallest absolute Gasteiger partial charge is 0.224 e. The lowest BCUT2D eigenvalue weighted by Crippen LogP contribution is -2.25. The van der Waals surface area contributed by atoms with Crippen LogP contribution in [0.1, 0.15) is 22.5 Å². The molecule has 3 rings (SSSR count). The van der Waals surface area contributed by atoms with Crippen molar-refractivity contribution in [3.63, 3.8) is 0 Å². The lowest BCUT2D eigenvalue weighted by molar-refractivity contribution is -0.120. The largest absolute Gasteiger partial charge is 0.497 e. The molecule has 1 N–H and O–H groups in total. The van der Waals surface area contributed by atoms with Gasteiger partial charge in [0.25, 0.3) is 0 Å². The van der Waals surface area contributed by atoms with Gasteiger partial charge >= 0.3 is 0 Å². The molecule has 0 aliphatic rings. The second kappa shape index (κ2) is 8.61. The first kappa shape index (κ1) is 19.5. The topological polar surface area (TPSA) is 65.4 Å². The third-order valence-corrected chi connectivity index (χ3v) is 4.74. The van der Waals surface area contributed by atoms with Crippen LogP contribution in [0.15, 0.2) is 48.5 Å². The Balaban J connectivity index is 1.71. The summed E-state index contributed by atoms with van der Waals surface area (Å²) in [5, 5.41) is 7.62. The number of benzene rings is 2. The van der Waals surface area contributed by atoms with E-state index in [0.717, 1.165) is 28.2 Å². The summed E-state index contributed by atoms with van der Waals surface area (Å²) in [6, 6.07) is 15.4. The van der Waals surface area contributed by atoms with E-state index in [0.29, 0.717) is 18.0 Å². The second-order valence-electron chi connectivity index (χ2n) is 6.53. The average Bonchev–Trinajstić information content (AvgIpc) is 3.00. The van der Waals surface area contributed by atoms with Gasteiger partial charge in [-0.05, 0) is 44.2 Å². The molecule has 0 fully saturated rings. The van der Waals surface area contributed by atoms with Gasteiger partial charge in [0.05, 0.1) is 32.0 Å². The maximum atomic E-state index is 12.5. The Labute approximate surface area is 165 Å². The van der Waals surface area contributed by atoms with Crippen molar-refractivity contribution in [1.82, 2.24) is 15.1 Å². The van der Waals surface area contributed by atoms with E-state index in [2.05, 4.69) is 10.4 Å². The number of aromatic nitrogens is 2. The molecule has 0 spiro atoms. The molecule has 0 saturated heterocycles. The molecule has 0 unspecified atom stereocenters. The molecule has 0 radical (unpaired) electrons. The van der Waals surface area contributed by atoms with Crippen LogP contribution >= 0.6 is 0 Å². The van der Waals surface area contributed by atoms with Crippen LogP contribution < -0.4 is 14.8 Å².